The van der Waals surface area contributed by atoms with Crippen molar-refractivity contribution in [2.45, 2.75) is 18.6 Å². The molecule has 0 saturated heterocycles. The van der Waals surface area contributed by atoms with E-state index >= 15 is 0 Å². The van der Waals surface area contributed by atoms with Crippen LogP contribution >= 0.6 is 12.6 Å². The molecule has 0 fully saturated rings. The maximum atomic E-state index is 5.18. The van der Waals surface area contributed by atoms with E-state index in [0.29, 0.717) is 0 Å². The summed E-state index contributed by atoms with van der Waals surface area (Å²) in [6.07, 6.45) is 4.58. The summed E-state index contributed by atoms with van der Waals surface area (Å²) < 4.78 is 0. The Kier molecular flexibility index (Phi) is 2.75. The third-order valence-electron chi connectivity index (χ3n) is 1.45. The van der Waals surface area contributed by atoms with Gasteiger partial charge in [-0.05, 0) is 24.1 Å². The highest BCUT2D eigenvalue weighted by atomic mass is 32.1. The van der Waals surface area contributed by atoms with Gasteiger partial charge in [-0.15, -0.1) is 0 Å². The van der Waals surface area contributed by atoms with Crippen LogP contribution in [0.25, 0.3) is 0 Å². The molecule has 2 heteroatoms. The minimum atomic E-state index is 0.253. The van der Waals surface area contributed by atoms with Crippen LogP contribution in [-0.2, 0) is 0 Å². The summed E-state index contributed by atoms with van der Waals surface area (Å²) >= 11 is 5.18. The third-order valence-corrected chi connectivity index (χ3v) is 2.05. The van der Waals surface area contributed by atoms with Crippen molar-refractivity contribution in [1.82, 2.24) is 4.98 Å². The van der Waals surface area contributed by atoms with Crippen LogP contribution in [0.15, 0.2) is 24.5 Å². The highest BCUT2D eigenvalue weighted by molar-refractivity contribution is 7.80. The summed E-state index contributed by atoms with van der Waals surface area (Å²) in [4.78, 5) is 3.92. The van der Waals surface area contributed by atoms with E-state index in [1.165, 1.54) is 5.56 Å². The molecule has 0 aliphatic heterocycles. The van der Waals surface area contributed by atoms with Crippen LogP contribution < -0.4 is 0 Å². The molecule has 1 nitrogen and oxygen atoms in total. The zero-order valence-electron chi connectivity index (χ0n) is 5.95. The topological polar surface area (TPSA) is 12.9 Å². The Labute approximate surface area is 66.9 Å². The minimum Gasteiger partial charge on any atom is -0.265 e. The molecule has 0 aliphatic rings. The highest BCUT2D eigenvalue weighted by Crippen LogP contribution is 2.21. The predicted molar refractivity (Wildman–Crippen MR) is 44.9 cm³/mol. The Bertz CT molecular complexity index is 186. The molecular formula is C8H10NS. The first-order valence-electron chi connectivity index (χ1n) is 3.40. The van der Waals surface area contributed by atoms with Crippen molar-refractivity contribution in [1.29, 1.82) is 0 Å². The van der Waals surface area contributed by atoms with Gasteiger partial charge in [0.15, 0.2) is 0 Å². The molecular weight excluding hydrogens is 142 g/mol. The zero-order valence-corrected chi connectivity index (χ0v) is 6.77. The van der Waals surface area contributed by atoms with Gasteiger partial charge in [0.25, 0.3) is 0 Å². The summed E-state index contributed by atoms with van der Waals surface area (Å²) in [5.74, 6) is 0. The third kappa shape index (κ3) is 1.74. The maximum absolute atomic E-state index is 5.18. The molecule has 0 bridgehead atoms. The van der Waals surface area contributed by atoms with Crippen molar-refractivity contribution in [3.63, 3.8) is 0 Å². The Morgan fingerprint density at radius 1 is 1.50 bits per heavy atom. The molecule has 1 rings (SSSR count). The molecule has 1 atom stereocenters. The first-order valence-corrected chi connectivity index (χ1v) is 3.87. The zero-order chi connectivity index (χ0) is 7.40. The van der Waals surface area contributed by atoms with E-state index < -0.39 is 0 Å². The van der Waals surface area contributed by atoms with E-state index in [0.717, 1.165) is 6.42 Å². The van der Waals surface area contributed by atoms with Gasteiger partial charge in [0.05, 0.1) is 0 Å². The van der Waals surface area contributed by atoms with E-state index in [4.69, 9.17) is 12.6 Å². The Balaban J connectivity index is 2.75. The van der Waals surface area contributed by atoms with Gasteiger partial charge in [-0.2, -0.15) is 0 Å². The number of pyridine rings is 1. The standard InChI is InChI=1S/C8H10NS/c1-2-8(10)7-3-5-9-6-4-7/h3-6,8H,2H2,1H3. The molecule has 0 aromatic carbocycles. The first kappa shape index (κ1) is 7.61. The lowest BCUT2D eigenvalue weighted by atomic mass is 10.1. The smallest absolute Gasteiger partial charge is 0.0399 e. The van der Waals surface area contributed by atoms with Gasteiger partial charge in [0.1, 0.15) is 0 Å². The van der Waals surface area contributed by atoms with Gasteiger partial charge in [-0.1, -0.05) is 19.6 Å². The van der Waals surface area contributed by atoms with Crippen LogP contribution in [0.1, 0.15) is 24.2 Å². The second-order valence-electron chi connectivity index (χ2n) is 2.18. The van der Waals surface area contributed by atoms with Crippen LogP contribution in [0, 0.1) is 0 Å². The quantitative estimate of drug-likeness (QED) is 0.635. The minimum absolute atomic E-state index is 0.253. The van der Waals surface area contributed by atoms with E-state index in [1.807, 2.05) is 12.1 Å². The van der Waals surface area contributed by atoms with Crippen molar-refractivity contribution in [3.8, 4) is 0 Å². The lowest BCUT2D eigenvalue weighted by molar-refractivity contribution is 0.899. The molecule has 0 N–H and O–H groups in total. The van der Waals surface area contributed by atoms with Crippen molar-refractivity contribution < 1.29 is 0 Å². The van der Waals surface area contributed by atoms with Crippen LogP contribution in [0.2, 0.25) is 0 Å². The second kappa shape index (κ2) is 3.62. The van der Waals surface area contributed by atoms with Gasteiger partial charge in [0, 0.05) is 17.6 Å². The summed E-state index contributed by atoms with van der Waals surface area (Å²) in [6, 6.07) is 3.95. The molecule has 1 radical (unpaired) electrons. The molecule has 1 unspecified atom stereocenters. The molecule has 1 aromatic heterocycles. The van der Waals surface area contributed by atoms with Crippen LogP contribution in [-0.4, -0.2) is 4.98 Å². The number of aromatic nitrogens is 1. The SMILES string of the molecule is CCC([S])c1ccncc1. The van der Waals surface area contributed by atoms with Crippen LogP contribution in [0.4, 0.5) is 0 Å². The fourth-order valence-corrected chi connectivity index (χ4v) is 0.971. The second-order valence-corrected chi connectivity index (χ2v) is 2.75. The monoisotopic (exact) mass is 152 g/mol. The van der Waals surface area contributed by atoms with Crippen molar-refractivity contribution in [2.24, 2.45) is 0 Å². The van der Waals surface area contributed by atoms with Crippen LogP contribution in [0.5, 0.6) is 0 Å². The van der Waals surface area contributed by atoms with E-state index in [1.54, 1.807) is 12.4 Å². The van der Waals surface area contributed by atoms with Gasteiger partial charge < -0.3 is 0 Å². The lowest BCUT2D eigenvalue weighted by Gasteiger charge is -2.04. The first-order chi connectivity index (χ1) is 4.84. The Hall–Kier alpha value is -0.500. The Morgan fingerprint density at radius 2 is 2.10 bits per heavy atom. The summed E-state index contributed by atoms with van der Waals surface area (Å²) in [5.41, 5.74) is 1.20. The Morgan fingerprint density at radius 3 is 2.60 bits per heavy atom. The normalized spacial score (nSPS) is 13.0. The summed E-state index contributed by atoms with van der Waals surface area (Å²) in [7, 11) is 0. The van der Waals surface area contributed by atoms with E-state index in [9.17, 15) is 0 Å². The number of nitrogens with zero attached hydrogens (tertiary/aromatic N) is 1. The molecule has 1 aromatic rings. The molecule has 0 saturated carbocycles. The highest BCUT2D eigenvalue weighted by Gasteiger charge is 2.01. The molecule has 53 valence electrons. The van der Waals surface area contributed by atoms with Gasteiger partial charge in [0.2, 0.25) is 0 Å². The number of hydrogen-bond donors (Lipinski definition) is 0. The van der Waals surface area contributed by atoms with Crippen LogP contribution in [0.3, 0.4) is 0 Å². The lowest BCUT2D eigenvalue weighted by Crippen LogP contribution is -1.86. The molecule has 0 spiro atoms. The molecule has 10 heavy (non-hydrogen) atoms. The fraction of sp³-hybridized carbons (Fsp3) is 0.375. The van der Waals surface area contributed by atoms with Crippen molar-refractivity contribution in [3.05, 3.63) is 30.1 Å². The largest absolute Gasteiger partial charge is 0.265 e. The van der Waals surface area contributed by atoms with E-state index in [2.05, 4.69) is 11.9 Å². The van der Waals surface area contributed by atoms with Gasteiger partial charge in [-0.25, -0.2) is 0 Å². The van der Waals surface area contributed by atoms with Crippen molar-refractivity contribution in [2.75, 3.05) is 0 Å². The summed E-state index contributed by atoms with van der Waals surface area (Å²) in [5, 5.41) is 0.253. The van der Waals surface area contributed by atoms with Gasteiger partial charge >= 0.3 is 0 Å². The summed E-state index contributed by atoms with van der Waals surface area (Å²) in [6.45, 7) is 2.10. The van der Waals surface area contributed by atoms with E-state index in [-0.39, 0.29) is 5.25 Å². The molecule has 1 heterocycles. The predicted octanol–water partition coefficient (Wildman–Crippen LogP) is 2.73. The molecule has 0 aliphatic carbocycles. The van der Waals surface area contributed by atoms with Gasteiger partial charge in [-0.3, -0.25) is 4.98 Å². The average molecular weight is 152 g/mol. The fourth-order valence-electron chi connectivity index (χ4n) is 0.814. The molecule has 0 amide bonds. The maximum Gasteiger partial charge on any atom is 0.0399 e. The average Bonchev–Trinajstić information content (AvgIpc) is 2.05. The van der Waals surface area contributed by atoms with Crippen molar-refractivity contribution >= 4 is 12.6 Å². The number of hydrogen-bond acceptors (Lipinski definition) is 1. The number of rotatable bonds is 2.